The summed E-state index contributed by atoms with van der Waals surface area (Å²) in [6.07, 6.45) is 6.02. The van der Waals surface area contributed by atoms with Crippen molar-refractivity contribution >= 4 is 45.7 Å². The van der Waals surface area contributed by atoms with E-state index < -0.39 is 5.82 Å². The van der Waals surface area contributed by atoms with Crippen LogP contribution >= 0.6 is 34.7 Å². The monoisotopic (exact) mass is 510 g/mol. The van der Waals surface area contributed by atoms with Gasteiger partial charge in [0.25, 0.3) is 0 Å². The molecule has 2 heterocycles. The van der Waals surface area contributed by atoms with Crippen molar-refractivity contribution in [2.24, 2.45) is 0 Å². The van der Waals surface area contributed by atoms with E-state index in [4.69, 9.17) is 16.3 Å². The first-order valence-corrected chi connectivity index (χ1v) is 13.0. The molecule has 2 aromatic heterocycles. The largest absolute Gasteiger partial charge is 0.484 e. The summed E-state index contributed by atoms with van der Waals surface area (Å²) in [5.74, 6) is 0.975. The summed E-state index contributed by atoms with van der Waals surface area (Å²) in [6.45, 7) is 2.68. The molecule has 1 aliphatic rings. The third kappa shape index (κ3) is 6.21. The third-order valence-corrected chi connectivity index (χ3v) is 7.60. The maximum atomic E-state index is 13.2. The maximum Gasteiger partial charge on any atom is 0.236 e. The second kappa shape index (κ2) is 11.3. The predicted octanol–water partition coefficient (Wildman–Crippen LogP) is 5.30. The molecule has 0 saturated heterocycles. The molecule has 1 N–H and O–H groups in total. The van der Waals surface area contributed by atoms with E-state index in [1.807, 2.05) is 11.5 Å². The fourth-order valence-electron chi connectivity index (χ4n) is 3.67. The highest BCUT2D eigenvalue weighted by molar-refractivity contribution is 7.99. The number of ether oxygens (including phenoxy) is 1. The average Bonchev–Trinajstić information content (AvgIpc) is 3.44. The molecule has 0 unspecified atom stereocenters. The molecule has 1 saturated carbocycles. The van der Waals surface area contributed by atoms with Gasteiger partial charge in [0.2, 0.25) is 11.0 Å². The van der Waals surface area contributed by atoms with Crippen LogP contribution in [0.25, 0.3) is 0 Å². The molecule has 1 fully saturated rings. The number of hydrogen-bond acceptors (Lipinski definition) is 8. The van der Waals surface area contributed by atoms with Crippen LogP contribution in [0.15, 0.2) is 23.4 Å². The zero-order chi connectivity index (χ0) is 23.2. The summed E-state index contributed by atoms with van der Waals surface area (Å²) in [4.78, 5) is 12.4. The van der Waals surface area contributed by atoms with E-state index in [-0.39, 0.29) is 23.3 Å². The standard InChI is InChI=1S/C21H24ClFN6O2S2/c1-2-29-17(11-31-16-9-8-14(23)10-15(16)22)25-28-21(29)32-12-18(30)24-20-27-26-19(33-20)13-6-4-3-5-7-13/h8-10,13H,2-7,11-12H2,1H3,(H,24,27,30). The van der Waals surface area contributed by atoms with Gasteiger partial charge in [-0.05, 0) is 38.0 Å². The first kappa shape index (κ1) is 23.9. The van der Waals surface area contributed by atoms with Gasteiger partial charge < -0.3 is 9.30 Å². The molecule has 1 aromatic carbocycles. The first-order chi connectivity index (χ1) is 16.0. The van der Waals surface area contributed by atoms with E-state index in [0.717, 1.165) is 17.8 Å². The van der Waals surface area contributed by atoms with Crippen LogP contribution in [0.4, 0.5) is 9.52 Å². The summed E-state index contributed by atoms with van der Waals surface area (Å²) in [6, 6.07) is 3.94. The molecular formula is C21H24ClFN6O2S2. The van der Waals surface area contributed by atoms with Gasteiger partial charge in [0, 0.05) is 12.5 Å². The van der Waals surface area contributed by atoms with Crippen LogP contribution in [0.1, 0.15) is 55.8 Å². The molecule has 8 nitrogen and oxygen atoms in total. The van der Waals surface area contributed by atoms with Crippen molar-refractivity contribution in [3.8, 4) is 5.75 Å². The number of nitrogens with one attached hydrogen (secondary N) is 1. The van der Waals surface area contributed by atoms with Gasteiger partial charge in [0.05, 0.1) is 10.8 Å². The van der Waals surface area contributed by atoms with Crippen LogP contribution in [-0.4, -0.2) is 36.6 Å². The summed E-state index contributed by atoms with van der Waals surface area (Å²) >= 11 is 8.75. The molecule has 0 radical (unpaired) electrons. The van der Waals surface area contributed by atoms with Gasteiger partial charge in [0.1, 0.15) is 23.2 Å². The van der Waals surface area contributed by atoms with E-state index in [1.54, 1.807) is 0 Å². The number of rotatable bonds is 9. The lowest BCUT2D eigenvalue weighted by Crippen LogP contribution is -2.14. The van der Waals surface area contributed by atoms with Gasteiger partial charge >= 0.3 is 0 Å². The molecular weight excluding hydrogens is 487 g/mol. The number of aromatic nitrogens is 5. The lowest BCUT2D eigenvalue weighted by atomic mass is 9.90. The molecule has 4 rings (SSSR count). The number of carbonyl (C=O) groups excluding carboxylic acids is 1. The second-order valence-corrected chi connectivity index (χ2v) is 9.98. The molecule has 0 spiro atoms. The van der Waals surface area contributed by atoms with Crippen molar-refractivity contribution in [2.45, 2.75) is 63.3 Å². The smallest absolute Gasteiger partial charge is 0.236 e. The lowest BCUT2D eigenvalue weighted by molar-refractivity contribution is -0.113. The number of benzene rings is 1. The Balaban J connectivity index is 1.30. The van der Waals surface area contributed by atoms with Crippen molar-refractivity contribution in [1.29, 1.82) is 0 Å². The highest BCUT2D eigenvalue weighted by Gasteiger charge is 2.20. The Morgan fingerprint density at radius 2 is 2.09 bits per heavy atom. The third-order valence-electron chi connectivity index (χ3n) is 5.33. The minimum atomic E-state index is -0.431. The van der Waals surface area contributed by atoms with Gasteiger partial charge in [-0.2, -0.15) is 0 Å². The average molecular weight is 511 g/mol. The number of amides is 1. The van der Waals surface area contributed by atoms with Gasteiger partial charge in [-0.3, -0.25) is 10.1 Å². The summed E-state index contributed by atoms with van der Waals surface area (Å²) in [7, 11) is 0. The van der Waals surface area contributed by atoms with E-state index in [0.29, 0.717) is 34.3 Å². The molecule has 1 amide bonds. The van der Waals surface area contributed by atoms with E-state index in [1.165, 1.54) is 60.6 Å². The Labute approximate surface area is 204 Å². The summed E-state index contributed by atoms with van der Waals surface area (Å²) < 4.78 is 20.7. The molecule has 1 aliphatic carbocycles. The van der Waals surface area contributed by atoms with Gasteiger partial charge in [-0.15, -0.1) is 20.4 Å². The Morgan fingerprint density at radius 3 is 2.85 bits per heavy atom. The van der Waals surface area contributed by atoms with Crippen molar-refractivity contribution in [2.75, 3.05) is 11.1 Å². The van der Waals surface area contributed by atoms with Crippen LogP contribution in [0.3, 0.4) is 0 Å². The topological polar surface area (TPSA) is 94.8 Å². The second-order valence-electron chi connectivity index (χ2n) is 7.62. The van der Waals surface area contributed by atoms with Crippen molar-refractivity contribution in [3.05, 3.63) is 39.9 Å². The van der Waals surface area contributed by atoms with E-state index in [2.05, 4.69) is 25.7 Å². The Kier molecular flexibility index (Phi) is 8.15. The lowest BCUT2D eigenvalue weighted by Gasteiger charge is -2.18. The van der Waals surface area contributed by atoms with Crippen molar-refractivity contribution in [1.82, 2.24) is 25.0 Å². The number of anilines is 1. The SMILES string of the molecule is CCn1c(COc2ccc(F)cc2Cl)nnc1SCC(=O)Nc1nnc(C2CCCCC2)s1. The van der Waals surface area contributed by atoms with Crippen molar-refractivity contribution < 1.29 is 13.9 Å². The number of halogens is 2. The molecule has 176 valence electrons. The molecule has 33 heavy (non-hydrogen) atoms. The van der Waals surface area contributed by atoms with Crippen molar-refractivity contribution in [3.63, 3.8) is 0 Å². The summed E-state index contributed by atoms with van der Waals surface area (Å²) in [5.41, 5.74) is 0. The number of hydrogen-bond donors (Lipinski definition) is 1. The molecule has 0 atom stereocenters. The number of thioether (sulfide) groups is 1. The predicted molar refractivity (Wildman–Crippen MR) is 127 cm³/mol. The zero-order valence-corrected chi connectivity index (χ0v) is 20.5. The van der Waals surface area contributed by atoms with Crippen LogP contribution in [0.2, 0.25) is 5.02 Å². The minimum absolute atomic E-state index is 0.119. The quantitative estimate of drug-likeness (QED) is 0.390. The fraction of sp³-hybridized carbons (Fsp3) is 0.476. The first-order valence-electron chi connectivity index (χ1n) is 10.8. The maximum absolute atomic E-state index is 13.2. The molecule has 0 bridgehead atoms. The Bertz CT molecular complexity index is 1100. The van der Waals surface area contributed by atoms with E-state index >= 15 is 0 Å². The molecule has 3 aromatic rings. The highest BCUT2D eigenvalue weighted by atomic mass is 35.5. The fourth-order valence-corrected chi connectivity index (χ4v) is 5.64. The van der Waals surface area contributed by atoms with Gasteiger partial charge in [-0.25, -0.2) is 4.39 Å². The number of nitrogens with zero attached hydrogens (tertiary/aromatic N) is 5. The number of carbonyl (C=O) groups is 1. The van der Waals surface area contributed by atoms with Crippen LogP contribution in [0, 0.1) is 5.82 Å². The molecule has 0 aliphatic heterocycles. The summed E-state index contributed by atoms with van der Waals surface area (Å²) in [5, 5.41) is 21.9. The van der Waals surface area contributed by atoms with Gasteiger partial charge in [0.15, 0.2) is 11.0 Å². The highest BCUT2D eigenvalue weighted by Crippen LogP contribution is 2.35. The Hall–Kier alpha value is -2.24. The minimum Gasteiger partial charge on any atom is -0.484 e. The van der Waals surface area contributed by atoms with Crippen LogP contribution in [0.5, 0.6) is 5.75 Å². The van der Waals surface area contributed by atoms with Gasteiger partial charge in [-0.1, -0.05) is 54.0 Å². The Morgan fingerprint density at radius 1 is 1.27 bits per heavy atom. The zero-order valence-electron chi connectivity index (χ0n) is 18.1. The normalized spacial score (nSPS) is 14.4. The molecule has 12 heteroatoms. The van der Waals surface area contributed by atoms with Crippen LogP contribution < -0.4 is 10.1 Å². The van der Waals surface area contributed by atoms with Crippen LogP contribution in [-0.2, 0) is 17.9 Å². The van der Waals surface area contributed by atoms with E-state index in [9.17, 15) is 9.18 Å².